The first-order chi connectivity index (χ1) is 15.4. The molecular weight excluding hydrogens is 422 g/mol. The largest absolute Gasteiger partial charge is 0.496 e. The van der Waals surface area contributed by atoms with Gasteiger partial charge in [-0.1, -0.05) is 30.3 Å². The van der Waals surface area contributed by atoms with E-state index in [0.717, 1.165) is 39.2 Å². The molecule has 1 aliphatic heterocycles. The molecule has 1 unspecified atom stereocenters. The molecule has 2 amide bonds. The first-order valence-electron chi connectivity index (χ1n) is 10.9. The summed E-state index contributed by atoms with van der Waals surface area (Å²) < 4.78 is 5.53. The van der Waals surface area contributed by atoms with Crippen LogP contribution >= 0.6 is 11.3 Å². The predicted octanol–water partition coefficient (Wildman–Crippen LogP) is 4.24. The number of benzene rings is 2. The lowest BCUT2D eigenvalue weighted by atomic mass is 9.83. The van der Waals surface area contributed by atoms with Crippen LogP contribution in [-0.2, 0) is 22.6 Å². The van der Waals surface area contributed by atoms with Crippen LogP contribution in [0.15, 0.2) is 41.8 Å². The molecule has 4 rings (SSSR count). The number of rotatable bonds is 8. The molecule has 0 bridgehead atoms. The van der Waals surface area contributed by atoms with E-state index in [1.165, 1.54) is 0 Å². The van der Waals surface area contributed by atoms with E-state index in [2.05, 4.69) is 28.5 Å². The highest BCUT2D eigenvalue weighted by Crippen LogP contribution is 2.35. The Labute approximate surface area is 192 Å². The first kappa shape index (κ1) is 22.3. The number of nitrogens with one attached hydrogen (secondary N) is 1. The highest BCUT2D eigenvalue weighted by atomic mass is 32.1. The molecular formula is C25H29N3O3S. The third-order valence-electron chi connectivity index (χ3n) is 6.27. The van der Waals surface area contributed by atoms with Crippen LogP contribution < -0.4 is 10.1 Å². The summed E-state index contributed by atoms with van der Waals surface area (Å²) in [7, 11) is 3.49. The number of hydrogen-bond acceptors (Lipinski definition) is 5. The number of carbonyl (C=O) groups is 2. The van der Waals surface area contributed by atoms with Crippen LogP contribution in [0.1, 0.15) is 41.9 Å². The number of thiazole rings is 1. The maximum absolute atomic E-state index is 12.9. The Morgan fingerprint density at radius 3 is 2.69 bits per heavy atom. The van der Waals surface area contributed by atoms with Gasteiger partial charge in [0.1, 0.15) is 5.75 Å². The van der Waals surface area contributed by atoms with Crippen molar-refractivity contribution in [3.8, 4) is 5.75 Å². The van der Waals surface area contributed by atoms with E-state index in [9.17, 15) is 9.59 Å². The first-order valence-corrected chi connectivity index (χ1v) is 11.8. The van der Waals surface area contributed by atoms with Gasteiger partial charge in [0.25, 0.3) is 0 Å². The van der Waals surface area contributed by atoms with E-state index in [4.69, 9.17) is 4.74 Å². The summed E-state index contributed by atoms with van der Waals surface area (Å²) in [6.07, 6.45) is 2.91. The summed E-state index contributed by atoms with van der Waals surface area (Å²) >= 11 is 1.59. The Morgan fingerprint density at radius 1 is 1.25 bits per heavy atom. The number of methoxy groups -OCH3 is 1. The van der Waals surface area contributed by atoms with Crippen LogP contribution in [0.5, 0.6) is 5.75 Å². The summed E-state index contributed by atoms with van der Waals surface area (Å²) in [5.74, 6) is 0.959. The number of aryl methyl sites for hydroxylation is 1. The van der Waals surface area contributed by atoms with Crippen LogP contribution in [0.2, 0.25) is 0 Å². The SMILES string of the molecule is COc1ccc(CC2(CCC(=O)N(C)Cc3csc(C)n3)CCC(=O)N2)c2ccccc12. The van der Waals surface area contributed by atoms with Crippen molar-refractivity contribution in [2.45, 2.75) is 51.1 Å². The van der Waals surface area contributed by atoms with Gasteiger partial charge in [-0.25, -0.2) is 4.98 Å². The second kappa shape index (κ2) is 9.28. The van der Waals surface area contributed by atoms with Gasteiger partial charge in [0.2, 0.25) is 11.8 Å². The average molecular weight is 452 g/mol. The molecule has 2 heterocycles. The van der Waals surface area contributed by atoms with E-state index in [-0.39, 0.29) is 11.8 Å². The number of carbonyl (C=O) groups excluding carboxylic acids is 2. The molecule has 6 nitrogen and oxygen atoms in total. The Morgan fingerprint density at radius 2 is 2.03 bits per heavy atom. The molecule has 1 saturated heterocycles. The zero-order valence-electron chi connectivity index (χ0n) is 18.8. The van der Waals surface area contributed by atoms with Crippen molar-refractivity contribution < 1.29 is 14.3 Å². The summed E-state index contributed by atoms with van der Waals surface area (Å²) in [4.78, 5) is 31.2. The number of amides is 2. The number of aromatic nitrogens is 1. The number of ether oxygens (including phenoxy) is 1. The van der Waals surface area contributed by atoms with Crippen molar-refractivity contribution in [1.29, 1.82) is 0 Å². The molecule has 0 aliphatic carbocycles. The van der Waals surface area contributed by atoms with Gasteiger partial charge in [-0.05, 0) is 43.2 Å². The quantitative estimate of drug-likeness (QED) is 0.556. The highest BCUT2D eigenvalue weighted by Gasteiger charge is 2.38. The van der Waals surface area contributed by atoms with Gasteiger partial charge in [-0.2, -0.15) is 0 Å². The van der Waals surface area contributed by atoms with Gasteiger partial charge in [0.15, 0.2) is 0 Å². The smallest absolute Gasteiger partial charge is 0.222 e. The zero-order valence-corrected chi connectivity index (χ0v) is 19.6. The van der Waals surface area contributed by atoms with Crippen molar-refractivity contribution in [3.63, 3.8) is 0 Å². The van der Waals surface area contributed by atoms with Crippen molar-refractivity contribution in [2.75, 3.05) is 14.2 Å². The zero-order chi connectivity index (χ0) is 22.7. The van der Waals surface area contributed by atoms with Crippen LogP contribution in [0.25, 0.3) is 10.8 Å². The molecule has 0 radical (unpaired) electrons. The minimum Gasteiger partial charge on any atom is -0.496 e. The lowest BCUT2D eigenvalue weighted by molar-refractivity contribution is -0.131. The van der Waals surface area contributed by atoms with Crippen molar-refractivity contribution >= 4 is 33.9 Å². The number of hydrogen-bond donors (Lipinski definition) is 1. The summed E-state index contributed by atoms with van der Waals surface area (Å²) in [6.45, 7) is 2.47. The van der Waals surface area contributed by atoms with Crippen LogP contribution in [0.4, 0.5) is 0 Å². The molecule has 2 aromatic carbocycles. The average Bonchev–Trinajstić information content (AvgIpc) is 3.37. The molecule has 32 heavy (non-hydrogen) atoms. The molecule has 0 saturated carbocycles. The Balaban J connectivity index is 1.50. The summed E-state index contributed by atoms with van der Waals surface area (Å²) in [5.41, 5.74) is 1.65. The predicted molar refractivity (Wildman–Crippen MR) is 127 cm³/mol. The molecule has 1 atom stereocenters. The van der Waals surface area contributed by atoms with Crippen LogP contribution in [0.3, 0.4) is 0 Å². The van der Waals surface area contributed by atoms with E-state index < -0.39 is 5.54 Å². The fraction of sp³-hybridized carbons (Fsp3) is 0.400. The second-order valence-corrected chi connectivity index (χ2v) is 9.65. The minimum atomic E-state index is -0.415. The lowest BCUT2D eigenvalue weighted by Gasteiger charge is -2.30. The van der Waals surface area contributed by atoms with Gasteiger partial charge < -0.3 is 15.0 Å². The number of nitrogens with zero attached hydrogens (tertiary/aromatic N) is 2. The molecule has 168 valence electrons. The van der Waals surface area contributed by atoms with E-state index in [1.807, 2.05) is 37.6 Å². The fourth-order valence-electron chi connectivity index (χ4n) is 4.56. The normalized spacial score (nSPS) is 18.0. The van der Waals surface area contributed by atoms with Gasteiger partial charge in [0, 0.05) is 36.2 Å². The Hall–Kier alpha value is -2.93. The molecule has 1 aromatic heterocycles. The third-order valence-corrected chi connectivity index (χ3v) is 7.09. The molecule has 0 spiro atoms. The Kier molecular flexibility index (Phi) is 6.46. The van der Waals surface area contributed by atoms with E-state index in [0.29, 0.717) is 32.2 Å². The van der Waals surface area contributed by atoms with Gasteiger partial charge in [0.05, 0.1) is 24.4 Å². The second-order valence-electron chi connectivity index (χ2n) is 8.59. The Bertz CT molecular complexity index is 1140. The van der Waals surface area contributed by atoms with Crippen molar-refractivity contribution in [1.82, 2.24) is 15.2 Å². The molecule has 1 aliphatic rings. The molecule has 1 N–H and O–H groups in total. The summed E-state index contributed by atoms with van der Waals surface area (Å²) in [5, 5.41) is 8.37. The van der Waals surface area contributed by atoms with Crippen LogP contribution in [0, 0.1) is 6.92 Å². The molecule has 3 aromatic rings. The topological polar surface area (TPSA) is 71.5 Å². The standard InChI is InChI=1S/C25H29N3O3S/c1-17-26-19(16-32-17)15-28(2)24(30)11-13-25(12-10-23(29)27-25)14-18-8-9-22(31-3)21-7-5-4-6-20(18)21/h4-9,16H,10-15H2,1-3H3,(H,27,29). The van der Waals surface area contributed by atoms with E-state index in [1.54, 1.807) is 23.3 Å². The van der Waals surface area contributed by atoms with Gasteiger partial charge in [-0.3, -0.25) is 9.59 Å². The molecule has 1 fully saturated rings. The molecule has 7 heteroatoms. The van der Waals surface area contributed by atoms with Gasteiger partial charge >= 0.3 is 0 Å². The summed E-state index contributed by atoms with van der Waals surface area (Å²) in [6, 6.07) is 12.2. The minimum absolute atomic E-state index is 0.0570. The maximum Gasteiger partial charge on any atom is 0.222 e. The van der Waals surface area contributed by atoms with Crippen molar-refractivity contribution in [3.05, 3.63) is 58.0 Å². The monoisotopic (exact) mass is 451 g/mol. The third kappa shape index (κ3) is 4.78. The van der Waals surface area contributed by atoms with Gasteiger partial charge in [-0.15, -0.1) is 11.3 Å². The van der Waals surface area contributed by atoms with E-state index >= 15 is 0 Å². The maximum atomic E-state index is 12.9. The van der Waals surface area contributed by atoms with Crippen LogP contribution in [-0.4, -0.2) is 41.4 Å². The number of fused-ring (bicyclic) bond motifs is 1. The fourth-order valence-corrected chi connectivity index (χ4v) is 5.17. The lowest BCUT2D eigenvalue weighted by Crippen LogP contribution is -2.44. The highest BCUT2D eigenvalue weighted by molar-refractivity contribution is 7.09. The van der Waals surface area contributed by atoms with Crippen molar-refractivity contribution in [2.24, 2.45) is 0 Å².